The van der Waals surface area contributed by atoms with E-state index in [9.17, 15) is 23.3 Å². The Bertz CT molecular complexity index is 729. The number of hydrogen-bond donors (Lipinski definition) is 2. The van der Waals surface area contributed by atoms with Crippen molar-refractivity contribution >= 4 is 27.4 Å². The van der Waals surface area contributed by atoms with E-state index in [4.69, 9.17) is 14.6 Å². The second kappa shape index (κ2) is 7.55. The summed E-state index contributed by atoms with van der Waals surface area (Å²) in [5.74, 6) is -0.657. The number of nitro benzene ring substituents is 1. The van der Waals surface area contributed by atoms with Crippen LogP contribution in [0.25, 0.3) is 0 Å². The SMILES string of the molecule is NS(=O)(=O)c1ccc(NCOC(=O)C2CCOCC2)c([N+](=O)[O-])c1. The average molecular weight is 359 g/mol. The number of nitrogens with two attached hydrogens (primary N) is 1. The van der Waals surface area contributed by atoms with Gasteiger partial charge >= 0.3 is 5.97 Å². The van der Waals surface area contributed by atoms with E-state index in [0.717, 1.165) is 12.1 Å². The van der Waals surface area contributed by atoms with Crippen LogP contribution >= 0.6 is 0 Å². The van der Waals surface area contributed by atoms with Crippen LogP contribution in [0.15, 0.2) is 23.1 Å². The van der Waals surface area contributed by atoms with Crippen LogP contribution < -0.4 is 10.5 Å². The van der Waals surface area contributed by atoms with Gasteiger partial charge in [0.2, 0.25) is 10.0 Å². The first-order valence-electron chi connectivity index (χ1n) is 7.08. The van der Waals surface area contributed by atoms with E-state index >= 15 is 0 Å². The van der Waals surface area contributed by atoms with E-state index in [1.807, 2.05) is 0 Å². The third-order valence-corrected chi connectivity index (χ3v) is 4.44. The predicted molar refractivity (Wildman–Crippen MR) is 82.6 cm³/mol. The third kappa shape index (κ3) is 4.63. The summed E-state index contributed by atoms with van der Waals surface area (Å²) in [5.41, 5.74) is -0.462. The van der Waals surface area contributed by atoms with Gasteiger partial charge in [-0.3, -0.25) is 14.9 Å². The van der Waals surface area contributed by atoms with Crippen molar-refractivity contribution in [1.82, 2.24) is 0 Å². The standard InChI is InChI=1S/C13H17N3O7S/c14-24(20,21)10-1-2-11(12(7-10)16(18)19)15-8-23-13(17)9-3-5-22-6-4-9/h1-2,7,9,15H,3-6,8H2,(H2,14,20,21). The van der Waals surface area contributed by atoms with Gasteiger partial charge in [0.25, 0.3) is 5.69 Å². The molecule has 24 heavy (non-hydrogen) atoms. The molecular weight excluding hydrogens is 342 g/mol. The van der Waals surface area contributed by atoms with Crippen molar-refractivity contribution in [3.05, 3.63) is 28.3 Å². The maximum absolute atomic E-state index is 11.8. The number of nitro groups is 1. The largest absolute Gasteiger partial charge is 0.444 e. The molecule has 3 N–H and O–H groups in total. The summed E-state index contributed by atoms with van der Waals surface area (Å²) in [6, 6.07) is 3.17. The van der Waals surface area contributed by atoms with Crippen molar-refractivity contribution in [2.75, 3.05) is 25.3 Å². The fraction of sp³-hybridized carbons (Fsp3) is 0.462. The summed E-state index contributed by atoms with van der Waals surface area (Å²) in [7, 11) is -4.05. The molecule has 1 aromatic rings. The van der Waals surface area contributed by atoms with Gasteiger partial charge in [0, 0.05) is 19.3 Å². The average Bonchev–Trinajstić information content (AvgIpc) is 2.54. The number of carbonyl (C=O) groups is 1. The Kier molecular flexibility index (Phi) is 5.70. The van der Waals surface area contributed by atoms with Gasteiger partial charge < -0.3 is 14.8 Å². The van der Waals surface area contributed by atoms with Crippen molar-refractivity contribution in [3.8, 4) is 0 Å². The minimum Gasteiger partial charge on any atom is -0.444 e. The molecule has 0 radical (unpaired) electrons. The molecule has 1 aliphatic heterocycles. The van der Waals surface area contributed by atoms with Crippen molar-refractivity contribution in [1.29, 1.82) is 0 Å². The number of primary sulfonamides is 1. The van der Waals surface area contributed by atoms with Gasteiger partial charge in [0.05, 0.1) is 15.7 Å². The molecule has 1 saturated heterocycles. The molecule has 11 heteroatoms. The predicted octanol–water partition coefficient (Wildman–Crippen LogP) is 0.581. The van der Waals surface area contributed by atoms with E-state index in [0.29, 0.717) is 26.1 Å². The Hall–Kier alpha value is -2.24. The van der Waals surface area contributed by atoms with Crippen molar-refractivity contribution in [3.63, 3.8) is 0 Å². The summed E-state index contributed by atoms with van der Waals surface area (Å²) in [6.07, 6.45) is 1.14. The molecule has 1 aromatic carbocycles. The second-order valence-electron chi connectivity index (χ2n) is 5.15. The number of rotatable bonds is 6. The molecule has 0 unspecified atom stereocenters. The smallest absolute Gasteiger partial charge is 0.310 e. The molecule has 1 aliphatic rings. The van der Waals surface area contributed by atoms with Gasteiger partial charge in [-0.1, -0.05) is 0 Å². The lowest BCUT2D eigenvalue weighted by atomic mass is 10.0. The number of ether oxygens (including phenoxy) is 2. The van der Waals surface area contributed by atoms with Gasteiger partial charge in [-0.25, -0.2) is 13.6 Å². The van der Waals surface area contributed by atoms with E-state index in [1.165, 1.54) is 6.07 Å². The molecule has 0 atom stereocenters. The van der Waals surface area contributed by atoms with Crippen LogP contribution in [0, 0.1) is 16.0 Å². The number of sulfonamides is 1. The van der Waals surface area contributed by atoms with Gasteiger partial charge in [-0.2, -0.15) is 0 Å². The minimum absolute atomic E-state index is 0.0205. The highest BCUT2D eigenvalue weighted by atomic mass is 32.2. The summed E-state index contributed by atoms with van der Waals surface area (Å²) < 4.78 is 32.7. The summed E-state index contributed by atoms with van der Waals surface area (Å²) in [4.78, 5) is 21.8. The minimum atomic E-state index is -4.05. The lowest BCUT2D eigenvalue weighted by Gasteiger charge is -2.20. The highest BCUT2D eigenvalue weighted by Gasteiger charge is 2.23. The van der Waals surface area contributed by atoms with Crippen LogP contribution in [0.2, 0.25) is 0 Å². The Morgan fingerprint density at radius 2 is 2.08 bits per heavy atom. The van der Waals surface area contributed by atoms with E-state index in [-0.39, 0.29) is 23.2 Å². The highest BCUT2D eigenvalue weighted by Crippen LogP contribution is 2.27. The van der Waals surface area contributed by atoms with Crippen LogP contribution in [0.1, 0.15) is 12.8 Å². The molecule has 1 heterocycles. The number of anilines is 1. The Labute approximate surface area is 138 Å². The zero-order valence-corrected chi connectivity index (χ0v) is 13.5. The first-order valence-corrected chi connectivity index (χ1v) is 8.63. The molecule has 2 rings (SSSR count). The second-order valence-corrected chi connectivity index (χ2v) is 6.71. The molecule has 1 fully saturated rings. The van der Waals surface area contributed by atoms with E-state index in [2.05, 4.69) is 5.32 Å². The maximum Gasteiger partial charge on any atom is 0.310 e. The molecular formula is C13H17N3O7S. The zero-order chi connectivity index (χ0) is 17.7. The number of carbonyl (C=O) groups excluding carboxylic acids is 1. The monoisotopic (exact) mass is 359 g/mol. The van der Waals surface area contributed by atoms with Gasteiger partial charge in [-0.15, -0.1) is 0 Å². The molecule has 0 spiro atoms. The molecule has 0 bridgehead atoms. The highest BCUT2D eigenvalue weighted by molar-refractivity contribution is 7.89. The lowest BCUT2D eigenvalue weighted by Crippen LogP contribution is -2.26. The Morgan fingerprint density at radius 3 is 2.67 bits per heavy atom. The fourth-order valence-electron chi connectivity index (χ4n) is 2.23. The molecule has 0 aromatic heterocycles. The van der Waals surface area contributed by atoms with Crippen LogP contribution in [0.4, 0.5) is 11.4 Å². The molecule has 0 saturated carbocycles. The first-order chi connectivity index (χ1) is 11.3. The zero-order valence-electron chi connectivity index (χ0n) is 12.6. The van der Waals surface area contributed by atoms with Crippen molar-refractivity contribution in [2.45, 2.75) is 17.7 Å². The summed E-state index contributed by atoms with van der Waals surface area (Å²) in [5, 5.41) is 18.6. The third-order valence-electron chi connectivity index (χ3n) is 3.53. The van der Waals surface area contributed by atoms with Crippen LogP contribution in [0.5, 0.6) is 0 Å². The van der Waals surface area contributed by atoms with Gasteiger partial charge in [0.1, 0.15) is 5.69 Å². The molecule has 0 amide bonds. The quantitative estimate of drug-likeness (QED) is 0.324. The number of nitrogens with zero attached hydrogens (tertiary/aromatic N) is 1. The first kappa shape index (κ1) is 18.1. The number of benzene rings is 1. The van der Waals surface area contributed by atoms with Gasteiger partial charge in [-0.05, 0) is 25.0 Å². The van der Waals surface area contributed by atoms with E-state index in [1.54, 1.807) is 0 Å². The summed E-state index contributed by atoms with van der Waals surface area (Å²) >= 11 is 0. The Balaban J connectivity index is 2.01. The topological polar surface area (TPSA) is 151 Å². The lowest BCUT2D eigenvalue weighted by molar-refractivity contribution is -0.384. The van der Waals surface area contributed by atoms with Crippen LogP contribution in [0.3, 0.4) is 0 Å². The van der Waals surface area contributed by atoms with Crippen LogP contribution in [-0.4, -0.2) is 39.3 Å². The molecule has 0 aliphatic carbocycles. The molecule has 10 nitrogen and oxygen atoms in total. The molecule has 132 valence electrons. The number of nitrogens with one attached hydrogen (secondary N) is 1. The summed E-state index contributed by atoms with van der Waals surface area (Å²) in [6.45, 7) is 0.715. The van der Waals surface area contributed by atoms with E-state index < -0.39 is 26.6 Å². The van der Waals surface area contributed by atoms with Crippen molar-refractivity contribution < 1.29 is 27.6 Å². The normalized spacial score (nSPS) is 15.7. The number of hydrogen-bond acceptors (Lipinski definition) is 8. The van der Waals surface area contributed by atoms with Gasteiger partial charge in [0.15, 0.2) is 6.73 Å². The van der Waals surface area contributed by atoms with Crippen LogP contribution in [-0.2, 0) is 24.3 Å². The fourth-order valence-corrected chi connectivity index (χ4v) is 2.76. The number of esters is 1. The Morgan fingerprint density at radius 1 is 1.42 bits per heavy atom. The maximum atomic E-state index is 11.8. The van der Waals surface area contributed by atoms with Crippen molar-refractivity contribution in [2.24, 2.45) is 11.1 Å².